The molecule has 4 N–H and O–H groups in total. The lowest BCUT2D eigenvalue weighted by Gasteiger charge is -2.18. The molecule has 142 valence electrons. The molecular formula is C19H21N3O5. The second-order valence-corrected chi connectivity index (χ2v) is 5.59. The number of amides is 3. The molecule has 0 spiro atoms. The monoisotopic (exact) mass is 371 g/mol. The molecule has 8 heteroatoms. The van der Waals surface area contributed by atoms with Gasteiger partial charge in [0.05, 0.1) is 12.5 Å². The molecule has 0 unspecified atom stereocenters. The summed E-state index contributed by atoms with van der Waals surface area (Å²) in [6, 6.07) is 14.6. The molecule has 0 saturated carbocycles. The van der Waals surface area contributed by atoms with Gasteiger partial charge in [-0.15, -0.1) is 0 Å². The molecular weight excluding hydrogens is 350 g/mol. The number of primary amides is 1. The van der Waals surface area contributed by atoms with Crippen molar-refractivity contribution in [3.63, 3.8) is 0 Å². The van der Waals surface area contributed by atoms with Crippen molar-refractivity contribution in [2.75, 3.05) is 13.7 Å². The van der Waals surface area contributed by atoms with E-state index in [0.717, 1.165) is 0 Å². The first-order chi connectivity index (χ1) is 13.0. The van der Waals surface area contributed by atoms with Crippen molar-refractivity contribution in [2.45, 2.75) is 12.5 Å². The van der Waals surface area contributed by atoms with E-state index in [-0.39, 0.29) is 6.42 Å². The number of carbonyl (C=O) groups is 3. The van der Waals surface area contributed by atoms with E-state index in [1.807, 2.05) is 30.3 Å². The Kier molecular flexibility index (Phi) is 7.18. The summed E-state index contributed by atoms with van der Waals surface area (Å²) >= 11 is 0. The van der Waals surface area contributed by atoms with Crippen molar-refractivity contribution >= 4 is 17.9 Å². The van der Waals surface area contributed by atoms with Gasteiger partial charge in [-0.1, -0.05) is 30.3 Å². The van der Waals surface area contributed by atoms with Crippen LogP contribution in [0.2, 0.25) is 0 Å². The van der Waals surface area contributed by atoms with Crippen molar-refractivity contribution in [2.24, 2.45) is 5.73 Å². The van der Waals surface area contributed by atoms with Crippen molar-refractivity contribution in [1.29, 1.82) is 0 Å². The van der Waals surface area contributed by atoms with Gasteiger partial charge in [-0.2, -0.15) is 0 Å². The maximum Gasteiger partial charge on any atom is 0.312 e. The molecule has 0 aromatic heterocycles. The highest BCUT2D eigenvalue weighted by atomic mass is 16.5. The molecule has 0 heterocycles. The van der Waals surface area contributed by atoms with Gasteiger partial charge < -0.3 is 25.8 Å². The Morgan fingerprint density at radius 3 is 2.41 bits per heavy atom. The normalized spacial score (nSPS) is 11.1. The zero-order chi connectivity index (χ0) is 19.6. The van der Waals surface area contributed by atoms with Crippen LogP contribution in [0.4, 0.5) is 4.79 Å². The summed E-state index contributed by atoms with van der Waals surface area (Å²) in [5.74, 6) is 0.112. The quantitative estimate of drug-likeness (QED) is 0.612. The minimum absolute atomic E-state index is 0.186. The predicted molar refractivity (Wildman–Crippen MR) is 98.1 cm³/mol. The molecule has 2 aromatic carbocycles. The van der Waals surface area contributed by atoms with Crippen LogP contribution in [0.5, 0.6) is 11.5 Å². The van der Waals surface area contributed by atoms with E-state index < -0.39 is 30.6 Å². The van der Waals surface area contributed by atoms with Gasteiger partial charge >= 0.3 is 12.0 Å². The Hall–Kier alpha value is -3.55. The molecule has 8 nitrogen and oxygen atoms in total. The summed E-state index contributed by atoms with van der Waals surface area (Å²) in [6.45, 7) is -0.393. The number of nitrogens with one attached hydrogen (secondary N) is 2. The Bertz CT molecular complexity index is 795. The van der Waals surface area contributed by atoms with Crippen LogP contribution in [-0.2, 0) is 14.3 Å². The lowest BCUT2D eigenvalue weighted by Crippen LogP contribution is -2.35. The van der Waals surface area contributed by atoms with E-state index in [0.29, 0.717) is 17.1 Å². The van der Waals surface area contributed by atoms with E-state index >= 15 is 0 Å². The second-order valence-electron chi connectivity index (χ2n) is 5.59. The number of benzene rings is 2. The van der Waals surface area contributed by atoms with Gasteiger partial charge in [-0.3, -0.25) is 9.59 Å². The Morgan fingerprint density at radius 1 is 1.04 bits per heavy atom. The van der Waals surface area contributed by atoms with Gasteiger partial charge in [0.25, 0.3) is 5.91 Å². The zero-order valence-electron chi connectivity index (χ0n) is 14.8. The highest BCUT2D eigenvalue weighted by Gasteiger charge is 2.19. The molecule has 0 fully saturated rings. The summed E-state index contributed by atoms with van der Waals surface area (Å²) in [5, 5.41) is 4.85. The van der Waals surface area contributed by atoms with E-state index in [4.69, 9.17) is 15.2 Å². The van der Waals surface area contributed by atoms with Crippen LogP contribution in [-0.4, -0.2) is 31.6 Å². The summed E-state index contributed by atoms with van der Waals surface area (Å²) in [6.07, 6.45) is -0.186. The molecule has 2 rings (SSSR count). The number of para-hydroxylation sites is 1. The van der Waals surface area contributed by atoms with Gasteiger partial charge in [0, 0.05) is 7.05 Å². The first-order valence-corrected chi connectivity index (χ1v) is 8.23. The largest absolute Gasteiger partial charge is 0.457 e. The SMILES string of the molecule is CNC(=O)COC(=O)C[C@@H](NC(N)=O)c1cccc(Oc2ccccc2)c1. The van der Waals surface area contributed by atoms with Gasteiger partial charge in [-0.25, -0.2) is 4.79 Å². The van der Waals surface area contributed by atoms with Crippen molar-refractivity contribution < 1.29 is 23.9 Å². The molecule has 0 aliphatic heterocycles. The molecule has 0 bridgehead atoms. The van der Waals surface area contributed by atoms with Gasteiger partial charge in [-0.05, 0) is 29.8 Å². The average molecular weight is 371 g/mol. The van der Waals surface area contributed by atoms with E-state index in [1.54, 1.807) is 24.3 Å². The maximum absolute atomic E-state index is 12.0. The number of likely N-dealkylation sites (N-methyl/N-ethyl adjacent to an activating group) is 1. The fourth-order valence-corrected chi connectivity index (χ4v) is 2.29. The number of nitrogens with two attached hydrogens (primary N) is 1. The van der Waals surface area contributed by atoms with Crippen LogP contribution < -0.4 is 21.1 Å². The van der Waals surface area contributed by atoms with Crippen LogP contribution in [0, 0.1) is 0 Å². The third kappa shape index (κ3) is 6.69. The molecule has 0 aliphatic carbocycles. The topological polar surface area (TPSA) is 120 Å². The molecule has 0 aliphatic rings. The van der Waals surface area contributed by atoms with Crippen molar-refractivity contribution in [1.82, 2.24) is 10.6 Å². The van der Waals surface area contributed by atoms with Crippen LogP contribution in [0.15, 0.2) is 54.6 Å². The standard InChI is InChI=1S/C19H21N3O5/c1-21-17(23)12-26-18(24)11-16(22-19(20)25)13-6-5-9-15(10-13)27-14-7-3-2-4-8-14/h2-10,16H,11-12H2,1H3,(H,21,23)(H3,20,22,25)/t16-/m1/s1. The van der Waals surface area contributed by atoms with Crippen LogP contribution in [0.25, 0.3) is 0 Å². The Labute approximate surface area is 156 Å². The molecule has 0 saturated heterocycles. The average Bonchev–Trinajstić information content (AvgIpc) is 2.66. The third-order valence-corrected chi connectivity index (χ3v) is 3.57. The fourth-order valence-electron chi connectivity index (χ4n) is 2.29. The molecule has 2 aromatic rings. The van der Waals surface area contributed by atoms with Crippen LogP contribution in [0.1, 0.15) is 18.0 Å². The highest BCUT2D eigenvalue weighted by molar-refractivity contribution is 5.81. The first kappa shape index (κ1) is 19.8. The Morgan fingerprint density at radius 2 is 1.74 bits per heavy atom. The summed E-state index contributed by atoms with van der Waals surface area (Å²) in [7, 11) is 1.44. The van der Waals surface area contributed by atoms with Crippen molar-refractivity contribution in [3.05, 3.63) is 60.2 Å². The minimum Gasteiger partial charge on any atom is -0.457 e. The minimum atomic E-state index is -0.784. The summed E-state index contributed by atoms with van der Waals surface area (Å²) < 4.78 is 10.6. The Balaban J connectivity index is 2.11. The fraction of sp³-hybridized carbons (Fsp3) is 0.211. The lowest BCUT2D eigenvalue weighted by atomic mass is 10.0. The second kappa shape index (κ2) is 9.81. The molecule has 3 amide bonds. The summed E-state index contributed by atoms with van der Waals surface area (Å²) in [4.78, 5) is 34.5. The zero-order valence-corrected chi connectivity index (χ0v) is 14.8. The number of hydrogen-bond donors (Lipinski definition) is 3. The van der Waals surface area contributed by atoms with Gasteiger partial charge in [0.1, 0.15) is 11.5 Å². The van der Waals surface area contributed by atoms with Gasteiger partial charge in [0.15, 0.2) is 6.61 Å². The molecule has 1 atom stereocenters. The van der Waals surface area contributed by atoms with Gasteiger partial charge in [0.2, 0.25) is 0 Å². The smallest absolute Gasteiger partial charge is 0.312 e. The maximum atomic E-state index is 12.0. The van der Waals surface area contributed by atoms with E-state index in [1.165, 1.54) is 7.05 Å². The third-order valence-electron chi connectivity index (χ3n) is 3.57. The number of ether oxygens (including phenoxy) is 2. The van der Waals surface area contributed by atoms with Crippen molar-refractivity contribution in [3.8, 4) is 11.5 Å². The van der Waals surface area contributed by atoms with E-state index in [9.17, 15) is 14.4 Å². The lowest BCUT2D eigenvalue weighted by molar-refractivity contribution is -0.148. The van der Waals surface area contributed by atoms with Crippen LogP contribution >= 0.6 is 0 Å². The van der Waals surface area contributed by atoms with E-state index in [2.05, 4.69) is 10.6 Å². The predicted octanol–water partition coefficient (Wildman–Crippen LogP) is 1.87. The number of urea groups is 1. The number of carbonyl (C=O) groups excluding carboxylic acids is 3. The molecule has 27 heavy (non-hydrogen) atoms. The number of hydrogen-bond acceptors (Lipinski definition) is 5. The first-order valence-electron chi connectivity index (χ1n) is 8.23. The summed E-state index contributed by atoms with van der Waals surface area (Å²) in [5.41, 5.74) is 5.82. The highest BCUT2D eigenvalue weighted by Crippen LogP contribution is 2.26. The number of esters is 1. The van der Waals surface area contributed by atoms with Crippen LogP contribution in [0.3, 0.4) is 0 Å². The number of rotatable bonds is 8. The molecule has 0 radical (unpaired) electrons.